The molecule has 1 saturated carbocycles. The minimum absolute atomic E-state index is 0.0972. The van der Waals surface area contributed by atoms with E-state index in [-0.39, 0.29) is 23.5 Å². The number of carbonyl (C=O) groups is 2. The molecule has 7 nitrogen and oxygen atoms in total. The lowest BCUT2D eigenvalue weighted by molar-refractivity contribution is -0.126. The third-order valence-corrected chi connectivity index (χ3v) is 6.27. The Labute approximate surface area is 198 Å². The first-order chi connectivity index (χ1) is 16.1. The Kier molecular flexibility index (Phi) is 6.70. The first kappa shape index (κ1) is 23.9. The highest BCUT2D eigenvalue weighted by Gasteiger charge is 2.36. The number of para-hydroxylation sites is 1. The molecular formula is C26H31FN4O3. The van der Waals surface area contributed by atoms with Crippen molar-refractivity contribution in [1.82, 2.24) is 20.4 Å². The predicted molar refractivity (Wildman–Crippen MR) is 128 cm³/mol. The van der Waals surface area contributed by atoms with Gasteiger partial charge in [0.05, 0.1) is 18.2 Å². The molecule has 1 aromatic heterocycles. The molecule has 0 spiro atoms. The second-order valence-corrected chi connectivity index (χ2v) is 10.1. The zero-order chi connectivity index (χ0) is 24.5. The maximum atomic E-state index is 13.4. The van der Waals surface area contributed by atoms with Crippen molar-refractivity contribution >= 4 is 22.7 Å². The van der Waals surface area contributed by atoms with Gasteiger partial charge in [0, 0.05) is 11.4 Å². The van der Waals surface area contributed by atoms with Crippen molar-refractivity contribution in [2.24, 2.45) is 5.41 Å². The number of halogens is 1. The predicted octanol–water partition coefficient (Wildman–Crippen LogP) is 3.40. The average Bonchev–Trinajstić information content (AvgIpc) is 3.36. The van der Waals surface area contributed by atoms with Crippen molar-refractivity contribution in [3.05, 3.63) is 65.6 Å². The summed E-state index contributed by atoms with van der Waals surface area (Å²) in [6, 6.07) is 12.7. The second kappa shape index (κ2) is 9.54. The number of benzene rings is 2. The normalized spacial score (nSPS) is 19.2. The molecule has 1 fully saturated rings. The van der Waals surface area contributed by atoms with E-state index < -0.39 is 23.5 Å². The van der Waals surface area contributed by atoms with E-state index in [9.17, 15) is 19.1 Å². The molecule has 1 heterocycles. The highest BCUT2D eigenvalue weighted by molar-refractivity contribution is 6.06. The van der Waals surface area contributed by atoms with Crippen LogP contribution in [0.25, 0.3) is 10.9 Å². The zero-order valence-electron chi connectivity index (χ0n) is 19.7. The molecule has 1 aliphatic carbocycles. The van der Waals surface area contributed by atoms with Crippen LogP contribution in [0.4, 0.5) is 4.39 Å². The van der Waals surface area contributed by atoms with E-state index in [1.807, 2.05) is 45.0 Å². The molecule has 3 atom stereocenters. The fourth-order valence-corrected chi connectivity index (χ4v) is 4.43. The largest absolute Gasteiger partial charge is 0.393 e. The van der Waals surface area contributed by atoms with E-state index in [1.165, 1.54) is 12.1 Å². The number of aliphatic hydroxyl groups is 1. The highest BCUT2D eigenvalue weighted by Crippen LogP contribution is 2.24. The summed E-state index contributed by atoms with van der Waals surface area (Å²) in [4.78, 5) is 26.5. The van der Waals surface area contributed by atoms with E-state index >= 15 is 0 Å². The number of nitrogens with zero attached hydrogens (tertiary/aromatic N) is 2. The van der Waals surface area contributed by atoms with E-state index in [1.54, 1.807) is 16.8 Å². The maximum Gasteiger partial charge on any atom is 0.273 e. The molecule has 34 heavy (non-hydrogen) atoms. The zero-order valence-corrected chi connectivity index (χ0v) is 19.7. The van der Waals surface area contributed by atoms with Gasteiger partial charge in [-0.25, -0.2) is 4.39 Å². The molecule has 0 saturated heterocycles. The molecule has 180 valence electrons. The van der Waals surface area contributed by atoms with E-state index in [0.717, 1.165) is 17.5 Å². The number of nitrogens with one attached hydrogen (secondary N) is 2. The molecule has 8 heteroatoms. The smallest absolute Gasteiger partial charge is 0.273 e. The van der Waals surface area contributed by atoms with Crippen molar-refractivity contribution in [3.63, 3.8) is 0 Å². The van der Waals surface area contributed by atoms with Gasteiger partial charge in [-0.3, -0.25) is 14.3 Å². The number of fused-ring (bicyclic) bond motifs is 1. The van der Waals surface area contributed by atoms with Crippen molar-refractivity contribution in [2.45, 2.75) is 64.8 Å². The summed E-state index contributed by atoms with van der Waals surface area (Å²) >= 11 is 0. The van der Waals surface area contributed by atoms with Gasteiger partial charge in [0.15, 0.2) is 5.69 Å². The summed E-state index contributed by atoms with van der Waals surface area (Å²) in [5, 5.41) is 20.9. The first-order valence-corrected chi connectivity index (χ1v) is 11.6. The highest BCUT2D eigenvalue weighted by atomic mass is 19.1. The minimum atomic E-state index is -0.779. The lowest BCUT2D eigenvalue weighted by Gasteiger charge is -2.31. The van der Waals surface area contributed by atoms with Crippen LogP contribution in [0, 0.1) is 11.2 Å². The molecule has 1 aliphatic rings. The van der Waals surface area contributed by atoms with Gasteiger partial charge in [-0.2, -0.15) is 5.10 Å². The second-order valence-electron chi connectivity index (χ2n) is 10.1. The van der Waals surface area contributed by atoms with Crippen LogP contribution in [0.3, 0.4) is 0 Å². The van der Waals surface area contributed by atoms with Crippen molar-refractivity contribution < 1.29 is 19.1 Å². The summed E-state index contributed by atoms with van der Waals surface area (Å²) in [5.74, 6) is -1.02. The van der Waals surface area contributed by atoms with Gasteiger partial charge in [0.2, 0.25) is 5.91 Å². The Balaban J connectivity index is 1.58. The fraction of sp³-hybridized carbons (Fsp3) is 0.423. The standard InChI is InChI=1S/C26H31FN4O3/c1-26(2,3)23(25(34)28-18-12-13-19(32)14-18)29-24(33)22-20-6-4-5-7-21(20)31(30-22)15-16-8-10-17(27)11-9-16/h4-11,18-19,23,32H,12-15H2,1-3H3,(H,28,34)(H,29,33)/t18-,19?,23-/m1/s1. The Morgan fingerprint density at radius 2 is 1.85 bits per heavy atom. The lowest BCUT2D eigenvalue weighted by Crippen LogP contribution is -2.55. The van der Waals surface area contributed by atoms with Gasteiger partial charge in [-0.1, -0.05) is 51.1 Å². The molecular weight excluding hydrogens is 435 g/mol. The number of hydrogen-bond donors (Lipinski definition) is 3. The van der Waals surface area contributed by atoms with Gasteiger partial charge in [0.25, 0.3) is 5.91 Å². The van der Waals surface area contributed by atoms with Crippen LogP contribution in [0.5, 0.6) is 0 Å². The lowest BCUT2D eigenvalue weighted by atomic mass is 9.85. The Hall–Kier alpha value is -3.26. The monoisotopic (exact) mass is 466 g/mol. The molecule has 0 radical (unpaired) electrons. The van der Waals surface area contributed by atoms with Crippen molar-refractivity contribution in [3.8, 4) is 0 Å². The van der Waals surface area contributed by atoms with Gasteiger partial charge < -0.3 is 15.7 Å². The fourth-order valence-electron chi connectivity index (χ4n) is 4.43. The van der Waals surface area contributed by atoms with Crippen LogP contribution in [-0.2, 0) is 11.3 Å². The van der Waals surface area contributed by atoms with Crippen LogP contribution in [-0.4, -0.2) is 44.9 Å². The third-order valence-electron chi connectivity index (χ3n) is 6.27. The number of carbonyl (C=O) groups excluding carboxylic acids is 2. The quantitative estimate of drug-likeness (QED) is 0.519. The van der Waals surface area contributed by atoms with Crippen LogP contribution >= 0.6 is 0 Å². The maximum absolute atomic E-state index is 13.4. The molecule has 0 aliphatic heterocycles. The SMILES string of the molecule is CC(C)(C)[C@H](NC(=O)c1nn(Cc2ccc(F)cc2)c2ccccc12)C(=O)N[C@@H]1CCC(O)C1. The molecule has 0 bridgehead atoms. The molecule has 2 amide bonds. The van der Waals surface area contributed by atoms with E-state index in [0.29, 0.717) is 24.8 Å². The van der Waals surface area contributed by atoms with Crippen LogP contribution in [0.2, 0.25) is 0 Å². The summed E-state index contributed by atoms with van der Waals surface area (Å²) in [5.41, 5.74) is 1.32. The van der Waals surface area contributed by atoms with Gasteiger partial charge in [-0.15, -0.1) is 0 Å². The molecule has 3 N–H and O–H groups in total. The van der Waals surface area contributed by atoms with Gasteiger partial charge in [-0.05, 0) is 48.4 Å². The molecule has 4 rings (SSSR count). The molecule has 2 aromatic carbocycles. The number of rotatable bonds is 6. The summed E-state index contributed by atoms with van der Waals surface area (Å²) in [7, 11) is 0. The first-order valence-electron chi connectivity index (χ1n) is 11.6. The third kappa shape index (κ3) is 5.28. The number of amides is 2. The van der Waals surface area contributed by atoms with Gasteiger partial charge >= 0.3 is 0 Å². The topological polar surface area (TPSA) is 96.2 Å². The molecule has 1 unspecified atom stereocenters. The number of aromatic nitrogens is 2. The Morgan fingerprint density at radius 1 is 1.15 bits per heavy atom. The molecule has 3 aromatic rings. The van der Waals surface area contributed by atoms with Gasteiger partial charge in [0.1, 0.15) is 11.9 Å². The number of hydrogen-bond acceptors (Lipinski definition) is 4. The van der Waals surface area contributed by atoms with Crippen molar-refractivity contribution in [1.29, 1.82) is 0 Å². The number of aliphatic hydroxyl groups excluding tert-OH is 1. The Morgan fingerprint density at radius 3 is 2.50 bits per heavy atom. The van der Waals surface area contributed by atoms with E-state index in [2.05, 4.69) is 15.7 Å². The average molecular weight is 467 g/mol. The Bertz CT molecular complexity index is 1180. The van der Waals surface area contributed by atoms with Crippen LogP contribution in [0.15, 0.2) is 48.5 Å². The van der Waals surface area contributed by atoms with Crippen molar-refractivity contribution in [2.75, 3.05) is 0 Å². The summed E-state index contributed by atoms with van der Waals surface area (Å²) in [6.45, 7) is 6.06. The van der Waals surface area contributed by atoms with Crippen LogP contribution < -0.4 is 10.6 Å². The summed E-state index contributed by atoms with van der Waals surface area (Å²) < 4.78 is 15.0. The minimum Gasteiger partial charge on any atom is -0.393 e. The van der Waals surface area contributed by atoms with E-state index in [4.69, 9.17) is 0 Å². The van der Waals surface area contributed by atoms with Crippen LogP contribution in [0.1, 0.15) is 56.1 Å². The summed E-state index contributed by atoms with van der Waals surface area (Å²) in [6.07, 6.45) is 1.50.